The van der Waals surface area contributed by atoms with Crippen molar-refractivity contribution in [2.24, 2.45) is 0 Å². The lowest BCUT2D eigenvalue weighted by molar-refractivity contribution is -0.114. The Morgan fingerprint density at radius 1 is 0.929 bits per heavy atom. The summed E-state index contributed by atoms with van der Waals surface area (Å²) < 4.78 is 10.4. The highest BCUT2D eigenvalue weighted by molar-refractivity contribution is 6.10. The van der Waals surface area contributed by atoms with Crippen LogP contribution in [0.5, 0.6) is 0 Å². The smallest absolute Gasteiger partial charge is 0.251 e. The number of para-hydroxylation sites is 1. The topological polar surface area (TPSA) is 75.7 Å². The second kappa shape index (κ2) is 7.84. The first-order chi connectivity index (χ1) is 13.7. The number of amides is 2. The van der Waals surface area contributed by atoms with Crippen LogP contribution in [0.25, 0.3) is 12.2 Å². The van der Waals surface area contributed by atoms with E-state index in [1.807, 2.05) is 12.1 Å². The molecule has 28 heavy (non-hydrogen) atoms. The predicted octanol–water partition coefficient (Wildman–Crippen LogP) is 4.13. The van der Waals surface area contributed by atoms with Gasteiger partial charge in [0.05, 0.1) is 23.9 Å². The molecule has 1 aromatic carbocycles. The molecular weight excluding hydrogens is 356 g/mol. The Kier molecular flexibility index (Phi) is 4.93. The summed E-state index contributed by atoms with van der Waals surface area (Å²) in [7, 11) is 0. The van der Waals surface area contributed by atoms with Crippen LogP contribution < -0.4 is 10.2 Å². The average molecular weight is 374 g/mol. The summed E-state index contributed by atoms with van der Waals surface area (Å²) >= 11 is 0. The number of furan rings is 2. The number of fused-ring (bicyclic) bond motifs is 1. The van der Waals surface area contributed by atoms with Crippen LogP contribution in [0.15, 0.2) is 76.0 Å². The highest BCUT2D eigenvalue weighted by Crippen LogP contribution is 2.35. The normalized spacial score (nSPS) is 13.4. The summed E-state index contributed by atoms with van der Waals surface area (Å²) in [5.41, 5.74) is 2.35. The molecule has 0 atom stereocenters. The van der Waals surface area contributed by atoms with Gasteiger partial charge in [-0.05, 0) is 54.5 Å². The van der Waals surface area contributed by atoms with Gasteiger partial charge in [-0.15, -0.1) is 0 Å². The predicted molar refractivity (Wildman–Crippen MR) is 107 cm³/mol. The van der Waals surface area contributed by atoms with E-state index in [1.54, 1.807) is 59.9 Å². The number of hydrogen-bond donors (Lipinski definition) is 1. The molecule has 2 aromatic heterocycles. The lowest BCUT2D eigenvalue weighted by Crippen LogP contribution is -2.28. The highest BCUT2D eigenvalue weighted by atomic mass is 16.3. The summed E-state index contributed by atoms with van der Waals surface area (Å²) in [6.45, 7) is 0.561. The molecule has 0 saturated heterocycles. The quantitative estimate of drug-likeness (QED) is 0.682. The number of carbonyl (C=O) groups excluding carboxylic acids is 2. The largest absolute Gasteiger partial charge is 0.465 e. The van der Waals surface area contributed by atoms with Crippen molar-refractivity contribution in [3.05, 3.63) is 84.2 Å². The number of nitrogens with one attached hydrogen (secondary N) is 1. The van der Waals surface area contributed by atoms with Crippen LogP contribution in [0, 0.1) is 0 Å². The lowest BCUT2D eigenvalue weighted by Gasteiger charge is -2.19. The molecule has 0 unspecified atom stereocenters. The van der Waals surface area contributed by atoms with Crippen molar-refractivity contribution in [2.75, 3.05) is 16.8 Å². The third kappa shape index (κ3) is 3.81. The van der Waals surface area contributed by atoms with E-state index in [0.29, 0.717) is 23.8 Å². The van der Waals surface area contributed by atoms with Gasteiger partial charge in [0.25, 0.3) is 5.91 Å². The van der Waals surface area contributed by atoms with Crippen LogP contribution in [-0.4, -0.2) is 18.4 Å². The molecule has 0 radical (unpaired) electrons. The van der Waals surface area contributed by atoms with Gasteiger partial charge in [-0.3, -0.25) is 9.59 Å². The van der Waals surface area contributed by atoms with Gasteiger partial charge in [-0.2, -0.15) is 0 Å². The second-order valence-corrected chi connectivity index (χ2v) is 6.24. The monoisotopic (exact) mass is 374 g/mol. The molecule has 1 aliphatic heterocycles. The van der Waals surface area contributed by atoms with E-state index in [2.05, 4.69) is 5.32 Å². The molecule has 3 aromatic rings. The summed E-state index contributed by atoms with van der Waals surface area (Å²) in [4.78, 5) is 26.6. The molecule has 6 heteroatoms. The van der Waals surface area contributed by atoms with Crippen LogP contribution in [0.1, 0.15) is 17.1 Å². The fourth-order valence-electron chi connectivity index (χ4n) is 3.12. The van der Waals surface area contributed by atoms with Gasteiger partial charge in [-0.25, -0.2) is 0 Å². The summed E-state index contributed by atoms with van der Waals surface area (Å²) in [5, 5.41) is 2.86. The number of anilines is 2. The molecule has 0 fully saturated rings. The Morgan fingerprint density at radius 3 is 2.32 bits per heavy atom. The Hall–Kier alpha value is -3.80. The minimum Gasteiger partial charge on any atom is -0.465 e. The minimum absolute atomic E-state index is 0.164. The number of nitrogens with zero attached hydrogens (tertiary/aromatic N) is 1. The summed E-state index contributed by atoms with van der Waals surface area (Å²) in [6, 6.07) is 12.7. The summed E-state index contributed by atoms with van der Waals surface area (Å²) in [5.74, 6) is 0.740. The van der Waals surface area contributed by atoms with Crippen molar-refractivity contribution >= 4 is 35.3 Å². The molecule has 0 spiro atoms. The molecule has 1 aliphatic rings. The number of carbonyl (C=O) groups is 2. The average Bonchev–Trinajstić information content (AvgIpc) is 3.46. The first-order valence-electron chi connectivity index (χ1n) is 8.88. The van der Waals surface area contributed by atoms with Crippen molar-refractivity contribution in [1.29, 1.82) is 0 Å². The van der Waals surface area contributed by atoms with Crippen molar-refractivity contribution in [3.8, 4) is 0 Å². The first kappa shape index (κ1) is 17.6. The van der Waals surface area contributed by atoms with Gasteiger partial charge in [-0.1, -0.05) is 12.1 Å². The highest BCUT2D eigenvalue weighted by Gasteiger charge is 2.26. The molecule has 1 N–H and O–H groups in total. The van der Waals surface area contributed by atoms with Gasteiger partial charge < -0.3 is 19.1 Å². The summed E-state index contributed by atoms with van der Waals surface area (Å²) in [6.07, 6.45) is 9.93. The zero-order chi connectivity index (χ0) is 19.3. The zero-order valence-electron chi connectivity index (χ0n) is 15.0. The SMILES string of the molecule is O=C(/C=C/c1ccco1)Nc1cccc2c1N(C(=O)/C=C\c1ccco1)CC2. The molecule has 6 nitrogen and oxygen atoms in total. The molecule has 0 aliphatic carbocycles. The number of rotatable bonds is 5. The molecule has 140 valence electrons. The standard InChI is InChI=1S/C22H18N2O4/c25-20(10-8-17-5-2-14-27-17)23-19-7-1-4-16-12-13-24(22(16)19)21(26)11-9-18-6-3-15-28-18/h1-11,14-15H,12-13H2,(H,23,25)/b10-8+,11-9-. The van der Waals surface area contributed by atoms with Crippen LogP contribution in [0.2, 0.25) is 0 Å². The van der Waals surface area contributed by atoms with Gasteiger partial charge >= 0.3 is 0 Å². The molecule has 0 saturated carbocycles. The Morgan fingerprint density at radius 2 is 1.64 bits per heavy atom. The van der Waals surface area contributed by atoms with Gasteiger partial charge in [0, 0.05) is 18.7 Å². The van der Waals surface area contributed by atoms with E-state index in [-0.39, 0.29) is 11.8 Å². The van der Waals surface area contributed by atoms with E-state index in [9.17, 15) is 9.59 Å². The first-order valence-corrected chi connectivity index (χ1v) is 8.88. The number of hydrogen-bond acceptors (Lipinski definition) is 4. The van der Waals surface area contributed by atoms with E-state index >= 15 is 0 Å². The van der Waals surface area contributed by atoms with Crippen molar-refractivity contribution in [1.82, 2.24) is 0 Å². The third-order valence-corrected chi connectivity index (χ3v) is 4.39. The molecular formula is C22H18N2O4. The van der Waals surface area contributed by atoms with Crippen molar-refractivity contribution in [2.45, 2.75) is 6.42 Å². The number of benzene rings is 1. The minimum atomic E-state index is -0.296. The van der Waals surface area contributed by atoms with E-state index in [4.69, 9.17) is 8.83 Å². The second-order valence-electron chi connectivity index (χ2n) is 6.24. The van der Waals surface area contributed by atoms with Crippen molar-refractivity contribution in [3.63, 3.8) is 0 Å². The Balaban J connectivity index is 1.52. The van der Waals surface area contributed by atoms with Crippen LogP contribution in [0.4, 0.5) is 11.4 Å². The lowest BCUT2D eigenvalue weighted by atomic mass is 10.1. The molecule has 4 rings (SSSR count). The van der Waals surface area contributed by atoms with E-state index in [1.165, 1.54) is 12.2 Å². The Labute approximate surface area is 161 Å². The van der Waals surface area contributed by atoms with Gasteiger partial charge in [0.1, 0.15) is 11.5 Å². The maximum absolute atomic E-state index is 12.7. The maximum atomic E-state index is 12.7. The fraction of sp³-hybridized carbons (Fsp3) is 0.0909. The molecule has 0 bridgehead atoms. The van der Waals surface area contributed by atoms with Crippen LogP contribution in [0.3, 0.4) is 0 Å². The van der Waals surface area contributed by atoms with Crippen LogP contribution >= 0.6 is 0 Å². The van der Waals surface area contributed by atoms with Crippen LogP contribution in [-0.2, 0) is 16.0 Å². The molecule has 3 heterocycles. The van der Waals surface area contributed by atoms with E-state index < -0.39 is 0 Å². The van der Waals surface area contributed by atoms with Crippen molar-refractivity contribution < 1.29 is 18.4 Å². The van der Waals surface area contributed by atoms with Gasteiger partial charge in [0.2, 0.25) is 5.91 Å². The van der Waals surface area contributed by atoms with Gasteiger partial charge in [0.15, 0.2) is 0 Å². The molecule has 2 amide bonds. The third-order valence-electron chi connectivity index (χ3n) is 4.39. The maximum Gasteiger partial charge on any atom is 0.251 e. The zero-order valence-corrected chi connectivity index (χ0v) is 15.0. The Bertz CT molecular complexity index is 1030. The fourth-order valence-corrected chi connectivity index (χ4v) is 3.12. The van der Waals surface area contributed by atoms with E-state index in [0.717, 1.165) is 17.7 Å².